The summed E-state index contributed by atoms with van der Waals surface area (Å²) in [4.78, 5) is 13.5. The fraction of sp³-hybridized carbons (Fsp3) is 0.417. The first-order valence-corrected chi connectivity index (χ1v) is 6.08. The van der Waals surface area contributed by atoms with Crippen molar-refractivity contribution in [3.8, 4) is 5.75 Å². The van der Waals surface area contributed by atoms with Gasteiger partial charge in [0.15, 0.2) is 6.61 Å². The second kappa shape index (κ2) is 5.93. The number of halogens is 1. The van der Waals surface area contributed by atoms with Gasteiger partial charge in [0.2, 0.25) is 0 Å². The monoisotopic (exact) mass is 270 g/mol. The molecular formula is C12H15ClN2O3. The van der Waals surface area contributed by atoms with E-state index in [1.165, 1.54) is 0 Å². The number of anilines is 1. The van der Waals surface area contributed by atoms with Crippen molar-refractivity contribution in [3.63, 3.8) is 0 Å². The summed E-state index contributed by atoms with van der Waals surface area (Å²) in [6.07, 6.45) is 0. The maximum Gasteiger partial charge on any atom is 0.260 e. The highest BCUT2D eigenvalue weighted by atomic mass is 35.5. The molecule has 0 aliphatic carbocycles. The van der Waals surface area contributed by atoms with Crippen molar-refractivity contribution in [2.24, 2.45) is 0 Å². The van der Waals surface area contributed by atoms with Gasteiger partial charge in [0.05, 0.1) is 23.9 Å². The van der Waals surface area contributed by atoms with Gasteiger partial charge in [-0.1, -0.05) is 11.6 Å². The average Bonchev–Trinajstić information content (AvgIpc) is 2.41. The van der Waals surface area contributed by atoms with Crippen LogP contribution in [0.25, 0.3) is 0 Å². The van der Waals surface area contributed by atoms with Gasteiger partial charge in [-0.25, -0.2) is 0 Å². The number of carbonyl (C=O) groups is 1. The Hall–Kier alpha value is -1.46. The molecule has 0 radical (unpaired) electrons. The van der Waals surface area contributed by atoms with Crippen LogP contribution in [0, 0.1) is 0 Å². The SMILES string of the molecule is Nc1ccc(OCC(=O)N2CCOCC2)cc1Cl. The van der Waals surface area contributed by atoms with E-state index in [-0.39, 0.29) is 12.5 Å². The molecule has 1 aliphatic heterocycles. The molecule has 1 heterocycles. The molecule has 18 heavy (non-hydrogen) atoms. The van der Waals surface area contributed by atoms with E-state index >= 15 is 0 Å². The third kappa shape index (κ3) is 3.27. The fourth-order valence-electron chi connectivity index (χ4n) is 1.65. The highest BCUT2D eigenvalue weighted by Crippen LogP contribution is 2.24. The fourth-order valence-corrected chi connectivity index (χ4v) is 1.82. The van der Waals surface area contributed by atoms with Crippen molar-refractivity contribution in [1.82, 2.24) is 4.90 Å². The van der Waals surface area contributed by atoms with Crippen LogP contribution in [0.3, 0.4) is 0 Å². The lowest BCUT2D eigenvalue weighted by molar-refractivity contribution is -0.137. The molecule has 6 heteroatoms. The van der Waals surface area contributed by atoms with Crippen molar-refractivity contribution >= 4 is 23.2 Å². The number of morpholine rings is 1. The second-order valence-corrected chi connectivity index (χ2v) is 4.37. The molecule has 1 fully saturated rings. The minimum Gasteiger partial charge on any atom is -0.484 e. The normalized spacial score (nSPS) is 15.5. The van der Waals surface area contributed by atoms with E-state index in [1.807, 2.05) is 0 Å². The van der Waals surface area contributed by atoms with Crippen LogP contribution in [0.2, 0.25) is 5.02 Å². The zero-order chi connectivity index (χ0) is 13.0. The minimum absolute atomic E-state index is 0.000245. The molecule has 98 valence electrons. The molecule has 1 aromatic carbocycles. The predicted molar refractivity (Wildman–Crippen MR) is 68.8 cm³/mol. The van der Waals surface area contributed by atoms with Crippen LogP contribution < -0.4 is 10.5 Å². The molecule has 1 aromatic rings. The number of hydrogen-bond acceptors (Lipinski definition) is 4. The third-order valence-electron chi connectivity index (χ3n) is 2.70. The molecule has 0 saturated carbocycles. The Bertz CT molecular complexity index is 433. The molecule has 5 nitrogen and oxygen atoms in total. The van der Waals surface area contributed by atoms with Crippen LogP contribution in [0.4, 0.5) is 5.69 Å². The predicted octanol–water partition coefficient (Wildman–Crippen LogP) is 1.16. The molecule has 1 saturated heterocycles. The lowest BCUT2D eigenvalue weighted by atomic mass is 10.3. The highest BCUT2D eigenvalue weighted by Gasteiger charge is 2.17. The molecule has 2 N–H and O–H groups in total. The van der Waals surface area contributed by atoms with Crippen LogP contribution >= 0.6 is 11.6 Å². The van der Waals surface area contributed by atoms with E-state index in [0.29, 0.717) is 42.8 Å². The molecule has 1 aliphatic rings. The highest BCUT2D eigenvalue weighted by molar-refractivity contribution is 6.33. The van der Waals surface area contributed by atoms with E-state index in [2.05, 4.69) is 0 Å². The Labute approximate surface area is 110 Å². The van der Waals surface area contributed by atoms with Gasteiger partial charge in [0.25, 0.3) is 5.91 Å². The summed E-state index contributed by atoms with van der Waals surface area (Å²) in [6, 6.07) is 4.94. The Morgan fingerprint density at radius 1 is 1.44 bits per heavy atom. The van der Waals surface area contributed by atoms with E-state index < -0.39 is 0 Å². The van der Waals surface area contributed by atoms with Crippen LogP contribution in [0.5, 0.6) is 5.75 Å². The van der Waals surface area contributed by atoms with E-state index in [1.54, 1.807) is 23.1 Å². The Morgan fingerprint density at radius 3 is 2.83 bits per heavy atom. The number of nitrogens with two attached hydrogens (primary N) is 1. The van der Waals surface area contributed by atoms with Gasteiger partial charge in [-0.05, 0) is 12.1 Å². The first-order chi connectivity index (χ1) is 8.66. The first-order valence-electron chi connectivity index (χ1n) is 5.70. The number of rotatable bonds is 3. The molecule has 1 amide bonds. The van der Waals surface area contributed by atoms with Gasteiger partial charge in [-0.15, -0.1) is 0 Å². The molecule has 0 atom stereocenters. The van der Waals surface area contributed by atoms with Gasteiger partial charge >= 0.3 is 0 Å². The van der Waals surface area contributed by atoms with Gasteiger partial charge in [-0.3, -0.25) is 4.79 Å². The van der Waals surface area contributed by atoms with Crippen molar-refractivity contribution < 1.29 is 14.3 Å². The lowest BCUT2D eigenvalue weighted by Gasteiger charge is -2.26. The van der Waals surface area contributed by atoms with Crippen LogP contribution in [-0.2, 0) is 9.53 Å². The van der Waals surface area contributed by atoms with Crippen LogP contribution in [0.15, 0.2) is 18.2 Å². The van der Waals surface area contributed by atoms with Gasteiger partial charge < -0.3 is 20.1 Å². The van der Waals surface area contributed by atoms with E-state index in [4.69, 9.17) is 26.8 Å². The van der Waals surface area contributed by atoms with E-state index in [0.717, 1.165) is 0 Å². The first kappa shape index (κ1) is 13.0. The largest absolute Gasteiger partial charge is 0.484 e. The summed E-state index contributed by atoms with van der Waals surface area (Å²) in [5, 5.41) is 0.423. The molecular weight excluding hydrogens is 256 g/mol. The van der Waals surface area contributed by atoms with Crippen LogP contribution in [-0.4, -0.2) is 43.7 Å². The van der Waals surface area contributed by atoms with Gasteiger partial charge in [-0.2, -0.15) is 0 Å². The van der Waals surface area contributed by atoms with Crippen LogP contribution in [0.1, 0.15) is 0 Å². The van der Waals surface area contributed by atoms with Crippen molar-refractivity contribution in [2.75, 3.05) is 38.6 Å². The maximum absolute atomic E-state index is 11.8. The third-order valence-corrected chi connectivity index (χ3v) is 3.03. The van der Waals surface area contributed by atoms with Crippen molar-refractivity contribution in [3.05, 3.63) is 23.2 Å². The quantitative estimate of drug-likeness (QED) is 0.837. The molecule has 0 spiro atoms. The molecule has 0 bridgehead atoms. The lowest BCUT2D eigenvalue weighted by Crippen LogP contribution is -2.42. The summed E-state index contributed by atoms with van der Waals surface area (Å²) in [6.45, 7) is 2.40. The van der Waals surface area contributed by atoms with Crippen molar-refractivity contribution in [2.45, 2.75) is 0 Å². The number of benzene rings is 1. The number of carbonyl (C=O) groups excluding carboxylic acids is 1. The summed E-state index contributed by atoms with van der Waals surface area (Å²) >= 11 is 5.86. The zero-order valence-corrected chi connectivity index (χ0v) is 10.7. The molecule has 0 aromatic heterocycles. The van der Waals surface area contributed by atoms with Crippen molar-refractivity contribution in [1.29, 1.82) is 0 Å². The minimum atomic E-state index is -0.0498. The zero-order valence-electron chi connectivity index (χ0n) is 9.89. The van der Waals surface area contributed by atoms with E-state index in [9.17, 15) is 4.79 Å². The molecule has 2 rings (SSSR count). The Balaban J connectivity index is 1.86. The Morgan fingerprint density at radius 2 is 2.17 bits per heavy atom. The van der Waals surface area contributed by atoms with Gasteiger partial charge in [0.1, 0.15) is 5.75 Å². The maximum atomic E-state index is 11.8. The summed E-state index contributed by atoms with van der Waals surface area (Å²) in [5.74, 6) is 0.488. The standard InChI is InChI=1S/C12H15ClN2O3/c13-10-7-9(1-2-11(10)14)18-8-12(16)15-3-5-17-6-4-15/h1-2,7H,3-6,8,14H2. The number of ether oxygens (including phenoxy) is 2. The number of hydrogen-bond donors (Lipinski definition) is 1. The smallest absolute Gasteiger partial charge is 0.260 e. The summed E-state index contributed by atoms with van der Waals surface area (Å²) in [7, 11) is 0. The second-order valence-electron chi connectivity index (χ2n) is 3.97. The number of amides is 1. The Kier molecular flexibility index (Phi) is 4.28. The topological polar surface area (TPSA) is 64.8 Å². The summed E-state index contributed by atoms with van der Waals surface area (Å²) < 4.78 is 10.6. The molecule has 0 unspecified atom stereocenters. The summed E-state index contributed by atoms with van der Waals surface area (Å²) in [5.41, 5.74) is 6.07. The van der Waals surface area contributed by atoms with Gasteiger partial charge in [0, 0.05) is 19.2 Å². The number of nitrogen functional groups attached to an aromatic ring is 1. The number of nitrogens with zero attached hydrogens (tertiary/aromatic N) is 1. The average molecular weight is 271 g/mol.